The Hall–Kier alpha value is -0.250. The average molecular weight is 238 g/mol. The van der Waals surface area contributed by atoms with Crippen molar-refractivity contribution in [2.24, 2.45) is 7.05 Å². The van der Waals surface area contributed by atoms with Crippen molar-refractivity contribution in [2.45, 2.75) is 18.8 Å². The Labute approximate surface area is 97.1 Å². The lowest BCUT2D eigenvalue weighted by molar-refractivity contribution is 0.445. The molecule has 0 aliphatic carbocycles. The van der Waals surface area contributed by atoms with Crippen LogP contribution >= 0.6 is 24.8 Å². The maximum atomic E-state index is 4.14. The largest absolute Gasteiger partial charge is 0.337 e. The molecule has 3 nitrogen and oxygen atoms in total. The minimum atomic E-state index is 0. The molecular formula is C9H17Cl2N3. The number of piperidine rings is 1. The van der Waals surface area contributed by atoms with Crippen molar-refractivity contribution in [1.29, 1.82) is 0 Å². The molecule has 14 heavy (non-hydrogen) atoms. The van der Waals surface area contributed by atoms with E-state index in [9.17, 15) is 0 Å². The number of imidazole rings is 1. The van der Waals surface area contributed by atoms with Gasteiger partial charge in [0, 0.05) is 24.9 Å². The Morgan fingerprint density at radius 3 is 2.50 bits per heavy atom. The zero-order valence-electron chi connectivity index (χ0n) is 8.27. The smallest absolute Gasteiger partial charge is 0.0945 e. The normalized spacial score (nSPS) is 16.9. The van der Waals surface area contributed by atoms with Crippen LogP contribution in [0.1, 0.15) is 24.5 Å². The molecule has 2 heterocycles. The summed E-state index contributed by atoms with van der Waals surface area (Å²) in [6.45, 7) is 2.30. The molecule has 1 fully saturated rings. The first-order valence-corrected chi connectivity index (χ1v) is 4.55. The summed E-state index contributed by atoms with van der Waals surface area (Å²) in [5, 5.41) is 3.37. The molecule has 1 aromatic heterocycles. The van der Waals surface area contributed by atoms with E-state index in [2.05, 4.69) is 21.9 Å². The summed E-state index contributed by atoms with van der Waals surface area (Å²) < 4.78 is 2.13. The van der Waals surface area contributed by atoms with Gasteiger partial charge in [-0.1, -0.05) is 0 Å². The molecule has 0 saturated carbocycles. The van der Waals surface area contributed by atoms with Crippen LogP contribution in [0.5, 0.6) is 0 Å². The first-order valence-electron chi connectivity index (χ1n) is 4.55. The van der Waals surface area contributed by atoms with Gasteiger partial charge in [-0.3, -0.25) is 0 Å². The third-order valence-electron chi connectivity index (χ3n) is 2.61. The Balaban J connectivity index is 0.000000845. The predicted octanol–water partition coefficient (Wildman–Crippen LogP) is 1.73. The van der Waals surface area contributed by atoms with Gasteiger partial charge in [0.15, 0.2) is 0 Å². The van der Waals surface area contributed by atoms with Crippen LogP contribution < -0.4 is 5.32 Å². The minimum Gasteiger partial charge on any atom is -0.337 e. The third kappa shape index (κ3) is 2.87. The van der Waals surface area contributed by atoms with Crippen molar-refractivity contribution in [1.82, 2.24) is 14.9 Å². The second-order valence-corrected chi connectivity index (χ2v) is 3.45. The van der Waals surface area contributed by atoms with Crippen LogP contribution in [-0.4, -0.2) is 22.6 Å². The summed E-state index contributed by atoms with van der Waals surface area (Å²) >= 11 is 0. The molecule has 1 saturated heterocycles. The average Bonchev–Trinajstić information content (AvgIpc) is 2.53. The monoisotopic (exact) mass is 237 g/mol. The van der Waals surface area contributed by atoms with Gasteiger partial charge in [0.05, 0.1) is 6.33 Å². The molecule has 1 aliphatic heterocycles. The fourth-order valence-corrected chi connectivity index (χ4v) is 1.88. The molecule has 0 unspecified atom stereocenters. The van der Waals surface area contributed by atoms with Gasteiger partial charge in [-0.25, -0.2) is 4.98 Å². The quantitative estimate of drug-likeness (QED) is 0.807. The van der Waals surface area contributed by atoms with Crippen molar-refractivity contribution >= 4 is 24.8 Å². The molecule has 0 atom stereocenters. The van der Waals surface area contributed by atoms with Crippen LogP contribution in [-0.2, 0) is 7.05 Å². The SMILES string of the molecule is Cl.Cl.Cn1cncc1C1CCNCC1. The van der Waals surface area contributed by atoms with Crippen molar-refractivity contribution < 1.29 is 0 Å². The lowest BCUT2D eigenvalue weighted by Crippen LogP contribution is -2.27. The number of nitrogens with zero attached hydrogens (tertiary/aromatic N) is 2. The van der Waals surface area contributed by atoms with Gasteiger partial charge in [0.2, 0.25) is 0 Å². The van der Waals surface area contributed by atoms with E-state index in [0.29, 0.717) is 0 Å². The lowest BCUT2D eigenvalue weighted by Gasteiger charge is -2.22. The van der Waals surface area contributed by atoms with E-state index in [-0.39, 0.29) is 24.8 Å². The van der Waals surface area contributed by atoms with Crippen LogP contribution in [0.2, 0.25) is 0 Å². The number of halogens is 2. The Bertz CT molecular complexity index is 256. The van der Waals surface area contributed by atoms with Crippen LogP contribution in [0.15, 0.2) is 12.5 Å². The lowest BCUT2D eigenvalue weighted by atomic mass is 9.95. The summed E-state index contributed by atoms with van der Waals surface area (Å²) in [6, 6.07) is 0. The third-order valence-corrected chi connectivity index (χ3v) is 2.61. The number of hydrogen-bond donors (Lipinski definition) is 1. The highest BCUT2D eigenvalue weighted by atomic mass is 35.5. The highest BCUT2D eigenvalue weighted by Crippen LogP contribution is 2.23. The molecule has 0 aromatic carbocycles. The van der Waals surface area contributed by atoms with Crippen LogP contribution in [0.3, 0.4) is 0 Å². The summed E-state index contributed by atoms with van der Waals surface area (Å²) in [6.07, 6.45) is 6.38. The second-order valence-electron chi connectivity index (χ2n) is 3.45. The summed E-state index contributed by atoms with van der Waals surface area (Å²) in [4.78, 5) is 4.14. The Morgan fingerprint density at radius 1 is 1.36 bits per heavy atom. The number of rotatable bonds is 1. The maximum absolute atomic E-state index is 4.14. The van der Waals surface area contributed by atoms with Gasteiger partial charge >= 0.3 is 0 Å². The van der Waals surface area contributed by atoms with E-state index >= 15 is 0 Å². The molecule has 82 valence electrons. The standard InChI is InChI=1S/C9H15N3.2ClH/c1-12-7-11-6-9(12)8-2-4-10-5-3-8;;/h6-8,10H,2-5H2,1H3;2*1H. The zero-order chi connectivity index (χ0) is 8.39. The van der Waals surface area contributed by atoms with E-state index in [1.807, 2.05) is 12.5 Å². The van der Waals surface area contributed by atoms with E-state index in [4.69, 9.17) is 0 Å². The van der Waals surface area contributed by atoms with Gasteiger partial charge < -0.3 is 9.88 Å². The second kappa shape index (κ2) is 6.27. The molecule has 0 bridgehead atoms. The fourth-order valence-electron chi connectivity index (χ4n) is 1.88. The van der Waals surface area contributed by atoms with Gasteiger partial charge in [-0.2, -0.15) is 0 Å². The van der Waals surface area contributed by atoms with Gasteiger partial charge in [-0.05, 0) is 25.9 Å². The molecule has 0 spiro atoms. The van der Waals surface area contributed by atoms with Crippen LogP contribution in [0.4, 0.5) is 0 Å². The first kappa shape index (κ1) is 13.8. The van der Waals surface area contributed by atoms with Crippen LogP contribution in [0, 0.1) is 0 Å². The summed E-state index contributed by atoms with van der Waals surface area (Å²) in [7, 11) is 2.07. The van der Waals surface area contributed by atoms with Crippen molar-refractivity contribution in [3.05, 3.63) is 18.2 Å². The van der Waals surface area contributed by atoms with E-state index in [1.54, 1.807) is 0 Å². The van der Waals surface area contributed by atoms with Crippen molar-refractivity contribution in [3.63, 3.8) is 0 Å². The summed E-state index contributed by atoms with van der Waals surface area (Å²) in [5.41, 5.74) is 1.39. The fraction of sp³-hybridized carbons (Fsp3) is 0.667. The van der Waals surface area contributed by atoms with E-state index in [0.717, 1.165) is 19.0 Å². The first-order chi connectivity index (χ1) is 5.88. The van der Waals surface area contributed by atoms with E-state index in [1.165, 1.54) is 18.5 Å². The Morgan fingerprint density at radius 2 is 2.00 bits per heavy atom. The molecule has 1 N–H and O–H groups in total. The molecule has 1 aromatic rings. The van der Waals surface area contributed by atoms with Gasteiger partial charge in [0.25, 0.3) is 0 Å². The number of aryl methyl sites for hydroxylation is 1. The highest BCUT2D eigenvalue weighted by molar-refractivity contribution is 5.85. The minimum absolute atomic E-state index is 0. The zero-order valence-corrected chi connectivity index (χ0v) is 9.90. The molecule has 5 heteroatoms. The molecule has 0 radical (unpaired) electrons. The molecule has 2 rings (SSSR count). The number of nitrogens with one attached hydrogen (secondary N) is 1. The van der Waals surface area contributed by atoms with Crippen LogP contribution in [0.25, 0.3) is 0 Å². The topological polar surface area (TPSA) is 29.9 Å². The molecular weight excluding hydrogens is 221 g/mol. The highest BCUT2D eigenvalue weighted by Gasteiger charge is 2.17. The maximum Gasteiger partial charge on any atom is 0.0945 e. The summed E-state index contributed by atoms with van der Waals surface area (Å²) in [5.74, 6) is 0.721. The Kier molecular flexibility index (Phi) is 6.16. The molecule has 0 amide bonds. The van der Waals surface area contributed by atoms with E-state index < -0.39 is 0 Å². The molecule has 1 aliphatic rings. The van der Waals surface area contributed by atoms with Gasteiger partial charge in [-0.15, -0.1) is 24.8 Å². The van der Waals surface area contributed by atoms with Crippen molar-refractivity contribution in [3.8, 4) is 0 Å². The predicted molar refractivity (Wildman–Crippen MR) is 62.5 cm³/mol. The van der Waals surface area contributed by atoms with Crippen molar-refractivity contribution in [2.75, 3.05) is 13.1 Å². The number of aromatic nitrogens is 2. The van der Waals surface area contributed by atoms with Gasteiger partial charge in [0.1, 0.15) is 0 Å². The number of hydrogen-bond acceptors (Lipinski definition) is 2.